The second kappa shape index (κ2) is 8.33. The van der Waals surface area contributed by atoms with E-state index in [0.717, 1.165) is 49.4 Å². The normalized spacial score (nSPS) is 17.6. The lowest BCUT2D eigenvalue weighted by Crippen LogP contribution is -2.19. The van der Waals surface area contributed by atoms with Gasteiger partial charge in [0.1, 0.15) is 11.6 Å². The van der Waals surface area contributed by atoms with Crippen LogP contribution in [0, 0.1) is 5.82 Å². The van der Waals surface area contributed by atoms with Crippen LogP contribution in [0.5, 0.6) is 5.75 Å². The standard InChI is InChI=1S/C14H10F3N3O4S/c1-23-11(21)5-10-12(22)19-14(25-10)20-18-6-7-4-8(24-13(16)17)2-3-9(7)15/h2-6,13H,1H3,(H,19,20,22)/b10-5+,18-6?. The third-order valence-electron chi connectivity index (χ3n) is 2.64. The number of amidine groups is 1. The summed E-state index contributed by atoms with van der Waals surface area (Å²) in [4.78, 5) is 22.7. The predicted octanol–water partition coefficient (Wildman–Crippen LogP) is 2.04. The molecule has 1 saturated heterocycles. The minimum Gasteiger partial charge on any atom is -0.466 e. The summed E-state index contributed by atoms with van der Waals surface area (Å²) < 4.78 is 46.4. The Balaban J connectivity index is 2.10. The van der Waals surface area contributed by atoms with E-state index in [0.29, 0.717) is 0 Å². The maximum absolute atomic E-state index is 13.6. The minimum absolute atomic E-state index is 0.0526. The molecule has 1 fully saturated rings. The third-order valence-corrected chi connectivity index (χ3v) is 3.54. The van der Waals surface area contributed by atoms with Gasteiger partial charge < -0.3 is 9.47 Å². The summed E-state index contributed by atoms with van der Waals surface area (Å²) in [6, 6.07) is 3.01. The highest BCUT2D eigenvalue weighted by molar-refractivity contribution is 8.18. The second-order valence-electron chi connectivity index (χ2n) is 4.30. The number of methoxy groups -OCH3 is 1. The van der Waals surface area contributed by atoms with E-state index >= 15 is 0 Å². The van der Waals surface area contributed by atoms with E-state index in [1.54, 1.807) is 0 Å². The SMILES string of the molecule is COC(=O)/C=C1/S/C(=N\N=Cc2cc(OC(F)F)ccc2F)NC1=O. The number of nitrogens with zero attached hydrogens (tertiary/aromatic N) is 2. The molecule has 1 heterocycles. The fourth-order valence-electron chi connectivity index (χ4n) is 1.58. The molecule has 1 aromatic rings. The van der Waals surface area contributed by atoms with Crippen molar-refractivity contribution in [1.82, 2.24) is 5.32 Å². The van der Waals surface area contributed by atoms with E-state index in [1.165, 1.54) is 0 Å². The molecule has 7 nitrogen and oxygen atoms in total. The van der Waals surface area contributed by atoms with Gasteiger partial charge in [0.25, 0.3) is 5.91 Å². The van der Waals surface area contributed by atoms with E-state index < -0.39 is 24.3 Å². The van der Waals surface area contributed by atoms with Crippen LogP contribution in [0.1, 0.15) is 5.56 Å². The van der Waals surface area contributed by atoms with Gasteiger partial charge in [-0.15, -0.1) is 5.10 Å². The molecule has 1 aromatic carbocycles. The highest BCUT2D eigenvalue weighted by Crippen LogP contribution is 2.23. The number of halogens is 3. The van der Waals surface area contributed by atoms with E-state index in [-0.39, 0.29) is 21.4 Å². The monoisotopic (exact) mass is 373 g/mol. The molecule has 0 saturated carbocycles. The molecule has 0 aliphatic carbocycles. The van der Waals surface area contributed by atoms with Crippen LogP contribution in [0.2, 0.25) is 0 Å². The van der Waals surface area contributed by atoms with Crippen molar-refractivity contribution < 1.29 is 32.2 Å². The van der Waals surface area contributed by atoms with Crippen molar-refractivity contribution in [3.63, 3.8) is 0 Å². The highest BCUT2D eigenvalue weighted by Gasteiger charge is 2.25. The Labute approximate surface area is 143 Å². The molecule has 0 unspecified atom stereocenters. The van der Waals surface area contributed by atoms with Gasteiger partial charge in [-0.2, -0.15) is 13.9 Å². The summed E-state index contributed by atoms with van der Waals surface area (Å²) in [6.07, 6.45) is 1.95. The second-order valence-corrected chi connectivity index (χ2v) is 5.33. The fraction of sp³-hybridized carbons (Fsp3) is 0.143. The van der Waals surface area contributed by atoms with Crippen molar-refractivity contribution >= 4 is 35.0 Å². The molecule has 11 heteroatoms. The number of hydrogen-bond donors (Lipinski definition) is 1. The molecule has 0 atom stereocenters. The first-order valence-electron chi connectivity index (χ1n) is 6.53. The van der Waals surface area contributed by atoms with Gasteiger partial charge in [-0.3, -0.25) is 10.1 Å². The Morgan fingerprint density at radius 3 is 2.84 bits per heavy atom. The Morgan fingerprint density at radius 1 is 1.40 bits per heavy atom. The van der Waals surface area contributed by atoms with E-state index in [2.05, 4.69) is 25.0 Å². The van der Waals surface area contributed by atoms with Gasteiger partial charge in [-0.1, -0.05) is 0 Å². The zero-order valence-corrected chi connectivity index (χ0v) is 13.4. The minimum atomic E-state index is -3.04. The maximum atomic E-state index is 13.6. The number of ether oxygens (including phenoxy) is 2. The Morgan fingerprint density at radius 2 is 2.16 bits per heavy atom. The van der Waals surface area contributed by atoms with Crippen molar-refractivity contribution in [3.05, 3.63) is 40.6 Å². The summed E-state index contributed by atoms with van der Waals surface area (Å²) >= 11 is 0.832. The van der Waals surface area contributed by atoms with E-state index in [1.807, 2.05) is 0 Å². The summed E-state index contributed by atoms with van der Waals surface area (Å²) in [5.41, 5.74) is -0.137. The summed E-state index contributed by atoms with van der Waals surface area (Å²) in [7, 11) is 1.16. The molecular formula is C14H10F3N3O4S. The van der Waals surface area contributed by atoms with Crippen LogP contribution in [0.3, 0.4) is 0 Å². The first-order chi connectivity index (χ1) is 11.9. The van der Waals surface area contributed by atoms with Crippen LogP contribution in [0.4, 0.5) is 13.2 Å². The highest BCUT2D eigenvalue weighted by atomic mass is 32.2. The van der Waals surface area contributed by atoms with Crippen molar-refractivity contribution in [2.75, 3.05) is 7.11 Å². The number of esters is 1. The lowest BCUT2D eigenvalue weighted by Gasteiger charge is -2.05. The van der Waals surface area contributed by atoms with Gasteiger partial charge in [0.2, 0.25) is 0 Å². The van der Waals surface area contributed by atoms with Crippen molar-refractivity contribution in [2.45, 2.75) is 6.61 Å². The van der Waals surface area contributed by atoms with Gasteiger partial charge in [-0.25, -0.2) is 9.18 Å². The average Bonchev–Trinajstić information content (AvgIpc) is 2.89. The first kappa shape index (κ1) is 18.5. The van der Waals surface area contributed by atoms with Crippen LogP contribution in [-0.4, -0.2) is 37.0 Å². The molecule has 0 aromatic heterocycles. The quantitative estimate of drug-likeness (QED) is 0.369. The number of alkyl halides is 2. The molecule has 132 valence electrons. The lowest BCUT2D eigenvalue weighted by atomic mass is 10.2. The maximum Gasteiger partial charge on any atom is 0.387 e. The summed E-state index contributed by atoms with van der Waals surface area (Å²) in [6.45, 7) is -3.04. The van der Waals surface area contributed by atoms with Crippen molar-refractivity contribution in [3.8, 4) is 5.75 Å². The molecule has 25 heavy (non-hydrogen) atoms. The molecule has 0 bridgehead atoms. The van der Waals surface area contributed by atoms with Gasteiger partial charge in [0.15, 0.2) is 5.17 Å². The van der Waals surface area contributed by atoms with Crippen LogP contribution in [0.25, 0.3) is 0 Å². The average molecular weight is 373 g/mol. The number of hydrogen-bond acceptors (Lipinski definition) is 7. The van der Waals surface area contributed by atoms with Crippen LogP contribution in [0.15, 0.2) is 39.4 Å². The third kappa shape index (κ3) is 5.35. The number of carbonyl (C=O) groups is 2. The smallest absolute Gasteiger partial charge is 0.387 e. The van der Waals surface area contributed by atoms with Gasteiger partial charge in [-0.05, 0) is 30.0 Å². The van der Waals surface area contributed by atoms with Crippen LogP contribution >= 0.6 is 11.8 Å². The van der Waals surface area contributed by atoms with E-state index in [9.17, 15) is 22.8 Å². The largest absolute Gasteiger partial charge is 0.466 e. The molecule has 1 aliphatic heterocycles. The summed E-state index contributed by atoms with van der Waals surface area (Å²) in [5, 5.41) is 9.62. The van der Waals surface area contributed by atoms with Crippen molar-refractivity contribution in [1.29, 1.82) is 0 Å². The summed E-state index contributed by atoms with van der Waals surface area (Å²) in [5.74, 6) is -2.24. The Hall–Kier alpha value is -2.82. The van der Waals surface area contributed by atoms with Crippen molar-refractivity contribution in [2.24, 2.45) is 10.2 Å². The van der Waals surface area contributed by atoms with Crippen LogP contribution in [-0.2, 0) is 14.3 Å². The number of benzene rings is 1. The van der Waals surface area contributed by atoms with Crippen LogP contribution < -0.4 is 10.1 Å². The number of carbonyl (C=O) groups excluding carboxylic acids is 2. The molecular weight excluding hydrogens is 363 g/mol. The Bertz CT molecular complexity index is 781. The van der Waals surface area contributed by atoms with Gasteiger partial charge in [0.05, 0.1) is 18.2 Å². The molecule has 1 aliphatic rings. The predicted molar refractivity (Wildman–Crippen MR) is 83.9 cm³/mol. The Kier molecular flexibility index (Phi) is 6.17. The number of rotatable bonds is 5. The molecule has 1 amide bonds. The number of thioether (sulfide) groups is 1. The molecule has 2 rings (SSSR count). The topological polar surface area (TPSA) is 89.3 Å². The number of amides is 1. The lowest BCUT2D eigenvalue weighted by molar-refractivity contribution is -0.135. The molecule has 1 N–H and O–H groups in total. The molecule has 0 radical (unpaired) electrons. The van der Waals surface area contributed by atoms with Gasteiger partial charge >= 0.3 is 12.6 Å². The zero-order valence-electron chi connectivity index (χ0n) is 12.5. The fourth-order valence-corrected chi connectivity index (χ4v) is 2.32. The first-order valence-corrected chi connectivity index (χ1v) is 7.35. The zero-order chi connectivity index (χ0) is 18.4. The number of nitrogens with one attached hydrogen (secondary N) is 1. The molecule has 0 spiro atoms. The van der Waals surface area contributed by atoms with E-state index in [4.69, 9.17) is 0 Å². The van der Waals surface area contributed by atoms with Gasteiger partial charge in [0, 0.05) is 11.6 Å².